The molecule has 0 amide bonds. The molecule has 3 heteroatoms. The quantitative estimate of drug-likeness (QED) is 0.865. The first-order chi connectivity index (χ1) is 8.05. The molecule has 17 heavy (non-hydrogen) atoms. The summed E-state index contributed by atoms with van der Waals surface area (Å²) >= 11 is 5.85. The van der Waals surface area contributed by atoms with E-state index in [-0.39, 0.29) is 22.3 Å². The highest BCUT2D eigenvalue weighted by Crippen LogP contribution is 2.56. The lowest BCUT2D eigenvalue weighted by Gasteiger charge is -2.55. The third kappa shape index (κ3) is 1.88. The minimum Gasteiger partial charge on any atom is -0.327 e. The summed E-state index contributed by atoms with van der Waals surface area (Å²) in [4.78, 5) is 0. The summed E-state index contributed by atoms with van der Waals surface area (Å²) in [5.74, 6) is 0.0724. The molecule has 0 saturated heterocycles. The van der Waals surface area contributed by atoms with Crippen LogP contribution in [0.5, 0.6) is 0 Å². The topological polar surface area (TPSA) is 26.0 Å². The summed E-state index contributed by atoms with van der Waals surface area (Å²) in [6.07, 6.45) is 3.10. The second kappa shape index (κ2) is 4.58. The molecule has 1 aliphatic rings. The zero-order valence-electron chi connectivity index (χ0n) is 10.3. The Kier molecular flexibility index (Phi) is 3.46. The Bertz CT molecular complexity index is 415. The van der Waals surface area contributed by atoms with Crippen molar-refractivity contribution in [1.82, 2.24) is 0 Å². The number of hydrogen-bond donors (Lipinski definition) is 1. The van der Waals surface area contributed by atoms with Crippen LogP contribution in [0.25, 0.3) is 0 Å². The Morgan fingerprint density at radius 2 is 2.06 bits per heavy atom. The van der Waals surface area contributed by atoms with Gasteiger partial charge in [-0.15, -0.1) is 0 Å². The van der Waals surface area contributed by atoms with E-state index in [9.17, 15) is 4.39 Å². The molecule has 0 spiro atoms. The number of nitrogens with two attached hydrogens (primary N) is 1. The van der Waals surface area contributed by atoms with Gasteiger partial charge in [0.2, 0.25) is 0 Å². The lowest BCUT2D eigenvalue weighted by Crippen LogP contribution is -2.55. The van der Waals surface area contributed by atoms with Crippen LogP contribution in [0, 0.1) is 11.2 Å². The average molecular weight is 256 g/mol. The van der Waals surface area contributed by atoms with E-state index in [1.807, 2.05) is 6.07 Å². The third-order valence-electron chi connectivity index (χ3n) is 4.58. The van der Waals surface area contributed by atoms with Crippen LogP contribution in [0.4, 0.5) is 4.39 Å². The highest BCUT2D eigenvalue weighted by Gasteiger charge is 2.51. The first-order valence-electron chi connectivity index (χ1n) is 6.25. The second-order valence-corrected chi connectivity index (χ2v) is 5.42. The van der Waals surface area contributed by atoms with E-state index in [4.69, 9.17) is 17.3 Å². The van der Waals surface area contributed by atoms with Crippen molar-refractivity contribution in [3.63, 3.8) is 0 Å². The molecule has 1 fully saturated rings. The molecule has 2 atom stereocenters. The third-order valence-corrected chi connectivity index (χ3v) is 4.87. The Balaban J connectivity index is 2.32. The van der Waals surface area contributed by atoms with Gasteiger partial charge in [-0.1, -0.05) is 31.5 Å². The van der Waals surface area contributed by atoms with E-state index in [0.29, 0.717) is 5.92 Å². The van der Waals surface area contributed by atoms with Gasteiger partial charge in [0.15, 0.2) is 0 Å². The largest absolute Gasteiger partial charge is 0.327 e. The minimum atomic E-state index is -0.349. The maximum atomic E-state index is 13.2. The van der Waals surface area contributed by atoms with Crippen molar-refractivity contribution in [3.8, 4) is 0 Å². The molecular weight excluding hydrogens is 237 g/mol. The highest BCUT2D eigenvalue weighted by molar-refractivity contribution is 6.30. The molecule has 0 aromatic heterocycles. The van der Waals surface area contributed by atoms with Crippen molar-refractivity contribution in [3.05, 3.63) is 34.6 Å². The van der Waals surface area contributed by atoms with E-state index >= 15 is 0 Å². The minimum absolute atomic E-state index is 0.168. The first-order valence-corrected chi connectivity index (χ1v) is 6.63. The lowest BCUT2D eigenvalue weighted by molar-refractivity contribution is 0.0438. The van der Waals surface area contributed by atoms with Crippen LogP contribution < -0.4 is 5.73 Å². The maximum Gasteiger partial charge on any atom is 0.141 e. The average Bonchev–Trinajstić information content (AvgIpc) is 2.32. The molecule has 0 bridgehead atoms. The Hall–Kier alpha value is -0.600. The normalized spacial score (nSPS) is 26.6. The standard InChI is InChI=1S/C14H19ClFN/c1-3-14(4-2)10(8-13(14)17)9-5-6-12(16)11(15)7-9/h5-7,10,13H,3-4,8,17H2,1-2H3. The SMILES string of the molecule is CCC1(CC)C(N)CC1c1ccc(F)c(Cl)c1. The summed E-state index contributed by atoms with van der Waals surface area (Å²) in [7, 11) is 0. The summed E-state index contributed by atoms with van der Waals surface area (Å²) in [6, 6.07) is 5.31. The van der Waals surface area contributed by atoms with Crippen LogP contribution in [0.2, 0.25) is 5.02 Å². The predicted molar refractivity (Wildman–Crippen MR) is 69.8 cm³/mol. The predicted octanol–water partition coefficient (Wildman–Crippen LogP) is 4.10. The monoisotopic (exact) mass is 255 g/mol. The van der Waals surface area contributed by atoms with Crippen molar-refractivity contribution in [1.29, 1.82) is 0 Å². The number of hydrogen-bond acceptors (Lipinski definition) is 1. The molecule has 2 N–H and O–H groups in total. The van der Waals surface area contributed by atoms with Crippen molar-refractivity contribution in [2.75, 3.05) is 0 Å². The van der Waals surface area contributed by atoms with Crippen molar-refractivity contribution in [2.45, 2.75) is 45.1 Å². The van der Waals surface area contributed by atoms with E-state index in [1.165, 1.54) is 6.07 Å². The van der Waals surface area contributed by atoms with Crippen LogP contribution in [0.1, 0.15) is 44.6 Å². The molecule has 2 unspecified atom stereocenters. The molecule has 1 aromatic carbocycles. The fourth-order valence-corrected chi connectivity index (χ4v) is 3.47. The zero-order chi connectivity index (χ0) is 12.6. The molecule has 2 rings (SSSR count). The van der Waals surface area contributed by atoms with Gasteiger partial charge in [-0.2, -0.15) is 0 Å². The summed E-state index contributed by atoms with van der Waals surface area (Å²) in [6.45, 7) is 4.36. The first kappa shape index (κ1) is 12.8. The van der Waals surface area contributed by atoms with Crippen molar-refractivity contribution >= 4 is 11.6 Å². The van der Waals surface area contributed by atoms with Gasteiger partial charge in [0.05, 0.1) is 5.02 Å². The van der Waals surface area contributed by atoms with Crippen LogP contribution in [0.3, 0.4) is 0 Å². The maximum absolute atomic E-state index is 13.2. The van der Waals surface area contributed by atoms with Gasteiger partial charge in [-0.3, -0.25) is 0 Å². The van der Waals surface area contributed by atoms with E-state index in [2.05, 4.69) is 13.8 Å². The van der Waals surface area contributed by atoms with Gasteiger partial charge in [0, 0.05) is 6.04 Å². The number of benzene rings is 1. The van der Waals surface area contributed by atoms with Gasteiger partial charge in [-0.25, -0.2) is 4.39 Å². The summed E-state index contributed by atoms with van der Waals surface area (Å²) in [5.41, 5.74) is 7.46. The molecule has 0 aliphatic heterocycles. The number of rotatable bonds is 3. The van der Waals surface area contributed by atoms with E-state index in [1.54, 1.807) is 6.07 Å². The summed E-state index contributed by atoms with van der Waals surface area (Å²) < 4.78 is 13.2. The lowest BCUT2D eigenvalue weighted by atomic mass is 9.52. The van der Waals surface area contributed by atoms with Crippen LogP contribution in [0.15, 0.2) is 18.2 Å². The molecule has 1 aliphatic carbocycles. The van der Waals surface area contributed by atoms with Crippen LogP contribution in [-0.2, 0) is 0 Å². The summed E-state index contributed by atoms with van der Waals surface area (Å²) in [5, 5.41) is 0.212. The van der Waals surface area contributed by atoms with Gasteiger partial charge < -0.3 is 5.73 Å². The molecule has 1 aromatic rings. The fourth-order valence-electron chi connectivity index (χ4n) is 3.29. The van der Waals surface area contributed by atoms with Gasteiger partial charge in [-0.05, 0) is 48.3 Å². The van der Waals surface area contributed by atoms with E-state index < -0.39 is 0 Å². The van der Waals surface area contributed by atoms with Crippen molar-refractivity contribution in [2.24, 2.45) is 11.1 Å². The molecule has 94 valence electrons. The van der Waals surface area contributed by atoms with Crippen LogP contribution in [-0.4, -0.2) is 6.04 Å². The Labute approximate surface area is 107 Å². The van der Waals surface area contributed by atoms with Crippen molar-refractivity contribution < 1.29 is 4.39 Å². The van der Waals surface area contributed by atoms with Gasteiger partial charge >= 0.3 is 0 Å². The molecular formula is C14H19ClFN. The van der Waals surface area contributed by atoms with E-state index in [0.717, 1.165) is 24.8 Å². The van der Waals surface area contributed by atoms with Crippen LogP contribution >= 0.6 is 11.6 Å². The highest BCUT2D eigenvalue weighted by atomic mass is 35.5. The zero-order valence-corrected chi connectivity index (χ0v) is 11.1. The smallest absolute Gasteiger partial charge is 0.141 e. The Morgan fingerprint density at radius 1 is 1.41 bits per heavy atom. The van der Waals surface area contributed by atoms with Gasteiger partial charge in [0.1, 0.15) is 5.82 Å². The molecule has 1 saturated carbocycles. The molecule has 0 radical (unpaired) electrons. The fraction of sp³-hybridized carbons (Fsp3) is 0.571. The Morgan fingerprint density at radius 3 is 2.53 bits per heavy atom. The number of halogens is 2. The molecule has 0 heterocycles. The van der Waals surface area contributed by atoms with Gasteiger partial charge in [0.25, 0.3) is 0 Å². The molecule has 1 nitrogen and oxygen atoms in total. The second-order valence-electron chi connectivity index (χ2n) is 5.01.